The van der Waals surface area contributed by atoms with E-state index in [0.717, 1.165) is 25.7 Å². The number of nitrogens with one attached hydrogen (secondary N) is 2. The van der Waals surface area contributed by atoms with Crippen molar-refractivity contribution in [2.75, 3.05) is 5.32 Å². The van der Waals surface area contributed by atoms with Gasteiger partial charge in [0.25, 0.3) is 5.91 Å². The second kappa shape index (κ2) is 8.53. The summed E-state index contributed by atoms with van der Waals surface area (Å²) in [6, 6.07) is 19.0. The molecule has 1 aliphatic heterocycles. The summed E-state index contributed by atoms with van der Waals surface area (Å²) in [6.07, 6.45) is 1.42. The number of aromatic nitrogens is 1. The van der Waals surface area contributed by atoms with Gasteiger partial charge in [-0.1, -0.05) is 31.2 Å². The Morgan fingerprint density at radius 1 is 1.06 bits per heavy atom. The maximum atomic E-state index is 12.8. The standard InChI is InChI=1S/C25H21N3O3S2/c1-2-25(14-13-21(29)28-24(25)31)15-7-9-16(10-8-15)26-22(30)19-11-12-20(32-19)23-27-17-5-3-4-6-18(17)33-23/h3-12H,2,13-14H2,1H3,(H,26,30)(H,28,29,31). The minimum absolute atomic E-state index is 0.189. The van der Waals surface area contributed by atoms with Crippen molar-refractivity contribution in [2.24, 2.45) is 0 Å². The van der Waals surface area contributed by atoms with E-state index in [1.807, 2.05) is 55.5 Å². The van der Waals surface area contributed by atoms with Gasteiger partial charge in [-0.05, 0) is 54.8 Å². The molecule has 2 aromatic carbocycles. The number of amides is 3. The van der Waals surface area contributed by atoms with Gasteiger partial charge in [-0.2, -0.15) is 0 Å². The lowest BCUT2D eigenvalue weighted by Crippen LogP contribution is -2.51. The van der Waals surface area contributed by atoms with Crippen LogP contribution in [-0.2, 0) is 15.0 Å². The Morgan fingerprint density at radius 2 is 1.85 bits per heavy atom. The highest BCUT2D eigenvalue weighted by molar-refractivity contribution is 7.26. The Balaban J connectivity index is 1.31. The molecule has 1 aliphatic rings. The fraction of sp³-hybridized carbons (Fsp3) is 0.200. The molecule has 5 rings (SSSR count). The molecule has 0 aliphatic carbocycles. The highest BCUT2D eigenvalue weighted by Gasteiger charge is 2.42. The van der Waals surface area contributed by atoms with E-state index >= 15 is 0 Å². The van der Waals surface area contributed by atoms with Gasteiger partial charge in [-0.3, -0.25) is 19.7 Å². The number of hydrogen-bond donors (Lipinski definition) is 2. The van der Waals surface area contributed by atoms with Crippen LogP contribution in [-0.4, -0.2) is 22.7 Å². The Hall–Kier alpha value is -3.36. The van der Waals surface area contributed by atoms with Crippen LogP contribution in [0.2, 0.25) is 0 Å². The second-order valence-corrected chi connectivity index (χ2v) is 10.1. The van der Waals surface area contributed by atoms with Crippen LogP contribution in [0, 0.1) is 0 Å². The van der Waals surface area contributed by atoms with Crippen LogP contribution in [0.1, 0.15) is 41.4 Å². The van der Waals surface area contributed by atoms with Crippen LogP contribution >= 0.6 is 22.7 Å². The molecule has 166 valence electrons. The highest BCUT2D eigenvalue weighted by atomic mass is 32.1. The molecule has 0 radical (unpaired) electrons. The number of rotatable bonds is 5. The van der Waals surface area contributed by atoms with Gasteiger partial charge in [0.2, 0.25) is 11.8 Å². The predicted molar refractivity (Wildman–Crippen MR) is 132 cm³/mol. The minimum atomic E-state index is -0.712. The third kappa shape index (κ3) is 3.96. The number of carbonyl (C=O) groups is 3. The number of thiophene rings is 1. The van der Waals surface area contributed by atoms with E-state index in [9.17, 15) is 14.4 Å². The van der Waals surface area contributed by atoms with Crippen LogP contribution in [0.4, 0.5) is 5.69 Å². The fourth-order valence-electron chi connectivity index (χ4n) is 4.18. The van der Waals surface area contributed by atoms with E-state index in [0.29, 0.717) is 29.8 Å². The van der Waals surface area contributed by atoms with Gasteiger partial charge in [-0.15, -0.1) is 22.7 Å². The first-order valence-corrected chi connectivity index (χ1v) is 12.3. The molecular formula is C25H21N3O3S2. The maximum Gasteiger partial charge on any atom is 0.265 e. The first kappa shape index (κ1) is 21.5. The Labute approximate surface area is 198 Å². The quantitative estimate of drug-likeness (QED) is 0.380. The van der Waals surface area contributed by atoms with Gasteiger partial charge < -0.3 is 5.32 Å². The molecule has 0 spiro atoms. The smallest absolute Gasteiger partial charge is 0.265 e. The number of anilines is 1. The van der Waals surface area contributed by atoms with E-state index in [-0.39, 0.29) is 17.7 Å². The predicted octanol–water partition coefficient (Wildman–Crippen LogP) is 5.36. The Morgan fingerprint density at radius 3 is 2.58 bits per heavy atom. The molecule has 2 aromatic heterocycles. The molecule has 1 unspecified atom stereocenters. The zero-order valence-corrected chi connectivity index (χ0v) is 19.5. The summed E-state index contributed by atoms with van der Waals surface area (Å²) in [5, 5.41) is 6.29. The fourth-order valence-corrected chi connectivity index (χ4v) is 6.11. The SMILES string of the molecule is CCC1(c2ccc(NC(=O)c3ccc(-c4nc5ccccc5s4)s3)cc2)CCC(=O)NC1=O. The molecule has 1 fully saturated rings. The topological polar surface area (TPSA) is 88.2 Å². The molecule has 1 saturated heterocycles. The summed E-state index contributed by atoms with van der Waals surface area (Å²) in [7, 11) is 0. The van der Waals surface area contributed by atoms with Crippen molar-refractivity contribution in [3.05, 3.63) is 71.1 Å². The summed E-state index contributed by atoms with van der Waals surface area (Å²) >= 11 is 3.02. The Bertz CT molecular complexity index is 1340. The van der Waals surface area contributed by atoms with Gasteiger partial charge in [-0.25, -0.2) is 4.98 Å². The van der Waals surface area contributed by atoms with Crippen LogP contribution in [0.5, 0.6) is 0 Å². The number of carbonyl (C=O) groups excluding carboxylic acids is 3. The van der Waals surface area contributed by atoms with Crippen molar-refractivity contribution in [1.82, 2.24) is 10.3 Å². The molecule has 2 N–H and O–H groups in total. The molecule has 3 amide bonds. The maximum absolute atomic E-state index is 12.8. The molecule has 0 saturated carbocycles. The average molecular weight is 476 g/mol. The number of nitrogens with zero attached hydrogens (tertiary/aromatic N) is 1. The number of benzene rings is 2. The lowest BCUT2D eigenvalue weighted by Gasteiger charge is -2.35. The van der Waals surface area contributed by atoms with Crippen molar-refractivity contribution in [2.45, 2.75) is 31.6 Å². The molecular weight excluding hydrogens is 454 g/mol. The number of hydrogen-bond acceptors (Lipinski definition) is 6. The van der Waals surface area contributed by atoms with Crippen LogP contribution < -0.4 is 10.6 Å². The van der Waals surface area contributed by atoms with Crippen molar-refractivity contribution in [1.29, 1.82) is 0 Å². The zero-order valence-electron chi connectivity index (χ0n) is 17.9. The number of fused-ring (bicyclic) bond motifs is 1. The number of imide groups is 1. The zero-order chi connectivity index (χ0) is 23.0. The first-order chi connectivity index (χ1) is 16.0. The number of thiazole rings is 1. The van der Waals surface area contributed by atoms with E-state index in [1.54, 1.807) is 23.5 Å². The molecule has 6 nitrogen and oxygen atoms in total. The van der Waals surface area contributed by atoms with Crippen molar-refractivity contribution in [3.63, 3.8) is 0 Å². The molecule has 33 heavy (non-hydrogen) atoms. The van der Waals surface area contributed by atoms with Gasteiger partial charge in [0.1, 0.15) is 5.01 Å². The summed E-state index contributed by atoms with van der Waals surface area (Å²) in [5.41, 5.74) is 1.74. The van der Waals surface area contributed by atoms with E-state index < -0.39 is 5.41 Å². The largest absolute Gasteiger partial charge is 0.321 e. The summed E-state index contributed by atoms with van der Waals surface area (Å²) in [4.78, 5) is 43.2. The lowest BCUT2D eigenvalue weighted by atomic mass is 9.72. The summed E-state index contributed by atoms with van der Waals surface area (Å²) in [5.74, 6) is -0.667. The minimum Gasteiger partial charge on any atom is -0.321 e. The summed E-state index contributed by atoms with van der Waals surface area (Å²) in [6.45, 7) is 1.95. The monoisotopic (exact) mass is 475 g/mol. The van der Waals surface area contributed by atoms with Gasteiger partial charge in [0.15, 0.2) is 0 Å². The van der Waals surface area contributed by atoms with E-state index in [2.05, 4.69) is 15.6 Å². The Kier molecular flexibility index (Phi) is 5.55. The third-order valence-corrected chi connectivity index (χ3v) is 8.39. The first-order valence-electron chi connectivity index (χ1n) is 10.7. The van der Waals surface area contributed by atoms with Gasteiger partial charge >= 0.3 is 0 Å². The molecule has 4 aromatic rings. The summed E-state index contributed by atoms with van der Waals surface area (Å²) < 4.78 is 1.12. The molecule has 3 heterocycles. The normalized spacial score (nSPS) is 18.3. The van der Waals surface area contributed by atoms with Crippen molar-refractivity contribution < 1.29 is 14.4 Å². The van der Waals surface area contributed by atoms with Crippen molar-refractivity contribution >= 4 is 56.3 Å². The van der Waals surface area contributed by atoms with Gasteiger partial charge in [0.05, 0.1) is 25.4 Å². The van der Waals surface area contributed by atoms with E-state index in [4.69, 9.17) is 0 Å². The highest BCUT2D eigenvalue weighted by Crippen LogP contribution is 2.37. The molecule has 0 bridgehead atoms. The van der Waals surface area contributed by atoms with E-state index in [1.165, 1.54) is 11.3 Å². The average Bonchev–Trinajstić information content (AvgIpc) is 3.48. The van der Waals surface area contributed by atoms with Crippen LogP contribution in [0.15, 0.2) is 60.7 Å². The lowest BCUT2D eigenvalue weighted by molar-refractivity contribution is -0.138. The van der Waals surface area contributed by atoms with Crippen LogP contribution in [0.25, 0.3) is 20.1 Å². The number of piperidine rings is 1. The second-order valence-electron chi connectivity index (χ2n) is 8.00. The van der Waals surface area contributed by atoms with Crippen LogP contribution in [0.3, 0.4) is 0 Å². The molecule has 1 atom stereocenters. The number of para-hydroxylation sites is 1. The molecule has 8 heteroatoms. The third-order valence-electron chi connectivity index (χ3n) is 6.10. The van der Waals surface area contributed by atoms with Crippen molar-refractivity contribution in [3.8, 4) is 9.88 Å². The van der Waals surface area contributed by atoms with Gasteiger partial charge in [0, 0.05) is 12.1 Å².